The Balaban J connectivity index is 1.90. The monoisotopic (exact) mass is 301 g/mol. The summed E-state index contributed by atoms with van der Waals surface area (Å²) >= 11 is 3.30. The number of nitrogens with zero attached hydrogens (tertiary/aromatic N) is 3. The van der Waals surface area contributed by atoms with Gasteiger partial charge in [-0.1, -0.05) is 11.8 Å². The van der Waals surface area contributed by atoms with Crippen LogP contribution in [0.4, 0.5) is 0 Å². The Labute approximate surface area is 121 Å². The first-order valence-electron chi connectivity index (χ1n) is 6.33. The second-order valence-corrected chi connectivity index (χ2v) is 6.64. The number of hydrogen-bond donors (Lipinski definition) is 1. The molecular weight excluding hydrogens is 282 g/mol. The van der Waals surface area contributed by atoms with E-state index in [-0.39, 0.29) is 5.75 Å². The molecule has 0 unspecified atom stereocenters. The second-order valence-electron chi connectivity index (χ2n) is 4.47. The molecule has 7 heteroatoms. The molecule has 0 spiro atoms. The van der Waals surface area contributed by atoms with E-state index >= 15 is 0 Å². The lowest BCUT2D eigenvalue weighted by molar-refractivity contribution is -0.133. The number of aryl methyl sites for hydroxylation is 1. The average Bonchev–Trinajstić information content (AvgIpc) is 2.76. The first-order valence-corrected chi connectivity index (χ1v) is 8.47. The molecule has 1 saturated heterocycles. The van der Waals surface area contributed by atoms with Gasteiger partial charge in [-0.3, -0.25) is 9.69 Å². The van der Waals surface area contributed by atoms with Crippen molar-refractivity contribution in [3.8, 4) is 0 Å². The highest BCUT2D eigenvalue weighted by atomic mass is 32.2. The molecule has 0 aliphatic carbocycles. The molecule has 1 aliphatic heterocycles. The second kappa shape index (κ2) is 7.21. The predicted octanol–water partition coefficient (Wildman–Crippen LogP) is 1.42. The first kappa shape index (κ1) is 14.7. The summed E-state index contributed by atoms with van der Waals surface area (Å²) in [7, 11) is 0. The molecule has 1 N–H and O–H groups in total. The molecule has 0 atom stereocenters. The summed E-state index contributed by atoms with van der Waals surface area (Å²) in [4.78, 5) is 17.4. The van der Waals surface area contributed by atoms with Crippen molar-refractivity contribution in [1.82, 2.24) is 14.5 Å². The summed E-state index contributed by atoms with van der Waals surface area (Å²) in [5.41, 5.74) is 1.10. The SMILES string of the molecule is Cc1cnc(SCC(=O)O)n1CCN1CCSCC1. The van der Waals surface area contributed by atoms with Gasteiger partial charge in [0.15, 0.2) is 5.16 Å². The minimum Gasteiger partial charge on any atom is -0.481 e. The van der Waals surface area contributed by atoms with E-state index in [1.54, 1.807) is 0 Å². The number of hydrogen-bond acceptors (Lipinski definition) is 5. The van der Waals surface area contributed by atoms with Crippen LogP contribution in [0.1, 0.15) is 5.69 Å². The Morgan fingerprint density at radius 3 is 2.89 bits per heavy atom. The molecule has 0 aromatic carbocycles. The summed E-state index contributed by atoms with van der Waals surface area (Å²) < 4.78 is 2.12. The molecule has 2 rings (SSSR count). The maximum Gasteiger partial charge on any atom is 0.313 e. The van der Waals surface area contributed by atoms with Gasteiger partial charge in [0.05, 0.1) is 5.75 Å². The van der Waals surface area contributed by atoms with Crippen LogP contribution in [0.15, 0.2) is 11.4 Å². The van der Waals surface area contributed by atoms with E-state index in [1.807, 2.05) is 24.9 Å². The number of thioether (sulfide) groups is 2. The summed E-state index contributed by atoms with van der Waals surface area (Å²) in [6.45, 7) is 6.22. The molecule has 5 nitrogen and oxygen atoms in total. The topological polar surface area (TPSA) is 58.4 Å². The third-order valence-corrected chi connectivity index (χ3v) is 5.00. The molecule has 0 amide bonds. The van der Waals surface area contributed by atoms with E-state index in [2.05, 4.69) is 14.5 Å². The van der Waals surface area contributed by atoms with Crippen LogP contribution < -0.4 is 0 Å². The van der Waals surface area contributed by atoms with E-state index in [9.17, 15) is 4.79 Å². The van der Waals surface area contributed by atoms with E-state index in [0.29, 0.717) is 0 Å². The summed E-state index contributed by atoms with van der Waals surface area (Å²) in [6, 6.07) is 0. The van der Waals surface area contributed by atoms with Gasteiger partial charge < -0.3 is 9.67 Å². The maximum absolute atomic E-state index is 10.6. The average molecular weight is 301 g/mol. The lowest BCUT2D eigenvalue weighted by atomic mass is 10.4. The Bertz CT molecular complexity index is 431. The molecule has 19 heavy (non-hydrogen) atoms. The fourth-order valence-corrected chi connectivity index (χ4v) is 3.77. The van der Waals surface area contributed by atoms with Gasteiger partial charge >= 0.3 is 5.97 Å². The van der Waals surface area contributed by atoms with Crippen LogP contribution in [0.2, 0.25) is 0 Å². The Morgan fingerprint density at radius 2 is 2.21 bits per heavy atom. The molecule has 1 aliphatic rings. The van der Waals surface area contributed by atoms with Gasteiger partial charge in [0.2, 0.25) is 0 Å². The predicted molar refractivity (Wildman–Crippen MR) is 79.1 cm³/mol. The van der Waals surface area contributed by atoms with E-state index < -0.39 is 5.97 Å². The third kappa shape index (κ3) is 4.43. The zero-order chi connectivity index (χ0) is 13.7. The van der Waals surface area contributed by atoms with Gasteiger partial charge in [0.25, 0.3) is 0 Å². The van der Waals surface area contributed by atoms with Crippen LogP contribution in [0.25, 0.3) is 0 Å². The van der Waals surface area contributed by atoms with Crippen molar-refractivity contribution in [3.63, 3.8) is 0 Å². The zero-order valence-corrected chi connectivity index (χ0v) is 12.7. The smallest absolute Gasteiger partial charge is 0.313 e. The van der Waals surface area contributed by atoms with Crippen molar-refractivity contribution in [3.05, 3.63) is 11.9 Å². The number of carboxylic acids is 1. The van der Waals surface area contributed by atoms with Crippen molar-refractivity contribution < 1.29 is 9.90 Å². The van der Waals surface area contributed by atoms with Gasteiger partial charge in [-0.15, -0.1) is 0 Å². The van der Waals surface area contributed by atoms with E-state index in [0.717, 1.165) is 37.0 Å². The van der Waals surface area contributed by atoms with Crippen molar-refractivity contribution in [2.45, 2.75) is 18.6 Å². The van der Waals surface area contributed by atoms with Gasteiger partial charge in [-0.05, 0) is 6.92 Å². The maximum atomic E-state index is 10.6. The van der Waals surface area contributed by atoms with Crippen LogP contribution in [0.5, 0.6) is 0 Å². The van der Waals surface area contributed by atoms with Gasteiger partial charge in [0, 0.05) is 49.6 Å². The molecule has 1 fully saturated rings. The fraction of sp³-hybridized carbons (Fsp3) is 0.667. The molecule has 0 saturated carbocycles. The molecular formula is C12H19N3O2S2. The van der Waals surface area contributed by atoms with Crippen LogP contribution in [-0.2, 0) is 11.3 Å². The number of rotatable bonds is 6. The fourth-order valence-electron chi connectivity index (χ4n) is 2.02. The minimum absolute atomic E-state index is 0.0663. The minimum atomic E-state index is -0.801. The molecule has 1 aromatic heterocycles. The number of carboxylic acid groups (broad SMARTS) is 1. The van der Waals surface area contributed by atoms with E-state index in [1.165, 1.54) is 23.3 Å². The molecule has 106 valence electrons. The van der Waals surface area contributed by atoms with Crippen LogP contribution in [-0.4, -0.2) is 62.4 Å². The van der Waals surface area contributed by atoms with E-state index in [4.69, 9.17) is 5.11 Å². The summed E-state index contributed by atoms with van der Waals surface area (Å²) in [5, 5.41) is 9.55. The number of carbonyl (C=O) groups is 1. The number of aliphatic carboxylic acids is 1. The normalized spacial score (nSPS) is 16.7. The third-order valence-electron chi connectivity index (χ3n) is 3.09. The highest BCUT2D eigenvalue weighted by Gasteiger charge is 2.13. The van der Waals surface area contributed by atoms with Crippen LogP contribution in [0, 0.1) is 6.92 Å². The standard InChI is InChI=1S/C12H19N3O2S2/c1-10-8-13-12(19-9-11(16)17)15(10)3-2-14-4-6-18-7-5-14/h8H,2-7,9H2,1H3,(H,16,17). The molecule has 0 bridgehead atoms. The quantitative estimate of drug-likeness (QED) is 0.802. The first-order chi connectivity index (χ1) is 9.16. The number of aromatic nitrogens is 2. The lowest BCUT2D eigenvalue weighted by Gasteiger charge is -2.26. The molecule has 2 heterocycles. The van der Waals surface area contributed by atoms with Crippen LogP contribution >= 0.6 is 23.5 Å². The lowest BCUT2D eigenvalue weighted by Crippen LogP contribution is -2.35. The number of imidazole rings is 1. The highest BCUT2D eigenvalue weighted by molar-refractivity contribution is 7.99. The zero-order valence-electron chi connectivity index (χ0n) is 11.0. The highest BCUT2D eigenvalue weighted by Crippen LogP contribution is 2.18. The van der Waals surface area contributed by atoms with Gasteiger partial charge in [-0.25, -0.2) is 4.98 Å². The largest absolute Gasteiger partial charge is 0.481 e. The summed E-state index contributed by atoms with van der Waals surface area (Å²) in [5.74, 6) is 1.69. The van der Waals surface area contributed by atoms with Gasteiger partial charge in [-0.2, -0.15) is 11.8 Å². The molecule has 1 aromatic rings. The van der Waals surface area contributed by atoms with Crippen molar-refractivity contribution in [1.29, 1.82) is 0 Å². The molecule has 0 radical (unpaired) electrons. The Hall–Kier alpha value is -0.660. The van der Waals surface area contributed by atoms with Gasteiger partial charge in [0.1, 0.15) is 0 Å². The van der Waals surface area contributed by atoms with Crippen LogP contribution in [0.3, 0.4) is 0 Å². The van der Waals surface area contributed by atoms with Crippen molar-refractivity contribution in [2.24, 2.45) is 0 Å². The Morgan fingerprint density at radius 1 is 1.47 bits per heavy atom. The summed E-state index contributed by atoms with van der Waals surface area (Å²) in [6.07, 6.45) is 1.82. The van der Waals surface area contributed by atoms with Crippen molar-refractivity contribution >= 4 is 29.5 Å². The van der Waals surface area contributed by atoms with Crippen molar-refractivity contribution in [2.75, 3.05) is 36.9 Å². The Kier molecular flexibility index (Phi) is 5.59.